The van der Waals surface area contributed by atoms with Crippen LogP contribution in [0, 0.1) is 5.92 Å². The molecule has 0 saturated carbocycles. The number of hydrogen-bond acceptors (Lipinski definition) is 3. The molecule has 0 spiro atoms. The van der Waals surface area contributed by atoms with E-state index in [-0.39, 0.29) is 0 Å². The van der Waals surface area contributed by atoms with E-state index < -0.39 is 0 Å². The van der Waals surface area contributed by atoms with Crippen LogP contribution in [0.2, 0.25) is 0 Å². The maximum atomic E-state index is 3.77. The Morgan fingerprint density at radius 1 is 1.33 bits per heavy atom. The predicted molar refractivity (Wildman–Crippen MR) is 95.0 cm³/mol. The fourth-order valence-electron chi connectivity index (χ4n) is 3.24. The summed E-state index contributed by atoms with van der Waals surface area (Å²) in [6.07, 6.45) is 4.77. The number of piperazine rings is 1. The fraction of sp³-hybridized carbons (Fsp3) is 0.667. The van der Waals surface area contributed by atoms with Gasteiger partial charge in [0.15, 0.2) is 0 Å². The third-order valence-electron chi connectivity index (χ3n) is 4.76. The second kappa shape index (κ2) is 8.82. The summed E-state index contributed by atoms with van der Waals surface area (Å²) in [4.78, 5) is 2.73. The molecule has 0 aromatic heterocycles. The van der Waals surface area contributed by atoms with E-state index in [1.807, 2.05) is 11.8 Å². The van der Waals surface area contributed by atoms with Gasteiger partial charge >= 0.3 is 0 Å². The first-order valence-electron chi connectivity index (χ1n) is 8.27. The molecule has 3 heteroatoms. The van der Waals surface area contributed by atoms with Crippen LogP contribution in [0.5, 0.6) is 0 Å². The highest BCUT2D eigenvalue weighted by molar-refractivity contribution is 7.98. The maximum absolute atomic E-state index is 3.77. The van der Waals surface area contributed by atoms with Crippen molar-refractivity contribution < 1.29 is 0 Å². The molecular weight excluding hydrogens is 276 g/mol. The minimum absolute atomic E-state index is 0.487. The zero-order chi connectivity index (χ0) is 15.1. The molecule has 0 amide bonds. The molecule has 1 saturated heterocycles. The van der Waals surface area contributed by atoms with Gasteiger partial charge in [-0.15, -0.1) is 0 Å². The second-order valence-electron chi connectivity index (χ2n) is 6.17. The van der Waals surface area contributed by atoms with Gasteiger partial charge in [0, 0.05) is 25.2 Å². The van der Waals surface area contributed by atoms with Crippen LogP contribution >= 0.6 is 11.8 Å². The van der Waals surface area contributed by atoms with Gasteiger partial charge in [0.1, 0.15) is 0 Å². The summed E-state index contributed by atoms with van der Waals surface area (Å²) < 4.78 is 0. The molecule has 1 aromatic carbocycles. The van der Waals surface area contributed by atoms with Crippen molar-refractivity contribution >= 4 is 11.8 Å². The zero-order valence-corrected chi connectivity index (χ0v) is 14.5. The molecule has 1 aliphatic rings. The van der Waals surface area contributed by atoms with Crippen LogP contribution in [-0.4, -0.2) is 42.6 Å². The fourth-order valence-corrected chi connectivity index (χ4v) is 3.66. The van der Waals surface area contributed by atoms with Crippen LogP contribution in [0.3, 0.4) is 0 Å². The van der Waals surface area contributed by atoms with Crippen molar-refractivity contribution in [1.82, 2.24) is 10.2 Å². The van der Waals surface area contributed by atoms with E-state index in [0.717, 1.165) is 19.0 Å². The van der Waals surface area contributed by atoms with Crippen LogP contribution in [0.15, 0.2) is 30.3 Å². The lowest BCUT2D eigenvalue weighted by Crippen LogP contribution is -2.55. The zero-order valence-electron chi connectivity index (χ0n) is 13.7. The summed E-state index contributed by atoms with van der Waals surface area (Å²) in [5, 5.41) is 3.77. The monoisotopic (exact) mass is 306 g/mol. The Balaban J connectivity index is 2.01. The van der Waals surface area contributed by atoms with Gasteiger partial charge in [-0.1, -0.05) is 50.6 Å². The van der Waals surface area contributed by atoms with Crippen molar-refractivity contribution in [3.05, 3.63) is 35.9 Å². The molecule has 3 unspecified atom stereocenters. The third kappa shape index (κ3) is 4.73. The molecule has 2 nitrogen and oxygen atoms in total. The molecule has 0 aliphatic carbocycles. The van der Waals surface area contributed by atoms with Gasteiger partial charge in [-0.05, 0) is 36.5 Å². The smallest absolute Gasteiger partial charge is 0.0449 e. The normalized spacial score (nSPS) is 24.9. The molecule has 2 rings (SSSR count). The van der Waals surface area contributed by atoms with Crippen molar-refractivity contribution in [2.75, 3.05) is 31.6 Å². The molecule has 3 atom stereocenters. The summed E-state index contributed by atoms with van der Waals surface area (Å²) in [5.74, 6) is 2.04. The molecule has 21 heavy (non-hydrogen) atoms. The molecule has 1 N–H and O–H groups in total. The van der Waals surface area contributed by atoms with E-state index in [4.69, 9.17) is 0 Å². The lowest BCUT2D eigenvalue weighted by atomic mass is 9.92. The minimum atomic E-state index is 0.487. The Morgan fingerprint density at radius 3 is 2.76 bits per heavy atom. The van der Waals surface area contributed by atoms with Crippen molar-refractivity contribution in [3.8, 4) is 0 Å². The molecule has 118 valence electrons. The largest absolute Gasteiger partial charge is 0.307 e. The first-order chi connectivity index (χ1) is 10.3. The average molecular weight is 307 g/mol. The molecule has 1 fully saturated rings. The van der Waals surface area contributed by atoms with Gasteiger partial charge in [-0.25, -0.2) is 0 Å². The van der Waals surface area contributed by atoms with E-state index >= 15 is 0 Å². The highest BCUT2D eigenvalue weighted by Gasteiger charge is 2.30. The van der Waals surface area contributed by atoms with Crippen molar-refractivity contribution in [1.29, 1.82) is 0 Å². The Bertz CT molecular complexity index is 395. The summed E-state index contributed by atoms with van der Waals surface area (Å²) in [6.45, 7) is 8.22. The first kappa shape index (κ1) is 16.9. The minimum Gasteiger partial charge on any atom is -0.307 e. The van der Waals surface area contributed by atoms with Gasteiger partial charge in [-0.3, -0.25) is 4.90 Å². The second-order valence-corrected chi connectivity index (χ2v) is 7.15. The Kier molecular flexibility index (Phi) is 7.08. The number of hydrogen-bond donors (Lipinski definition) is 1. The molecule has 0 bridgehead atoms. The number of nitrogens with one attached hydrogen (secondary N) is 1. The standard InChI is InChI=1S/C18H30N2S/c1-4-15(2)18-13-19-17(16-9-6-5-7-10-16)14-20(18)11-8-12-21-3/h5-7,9-10,15,17-19H,4,8,11-14H2,1-3H3. The van der Waals surface area contributed by atoms with Crippen molar-refractivity contribution in [2.24, 2.45) is 5.92 Å². The van der Waals surface area contributed by atoms with Crippen molar-refractivity contribution in [3.63, 3.8) is 0 Å². The van der Waals surface area contributed by atoms with E-state index in [9.17, 15) is 0 Å². The number of rotatable bonds is 7. The summed E-state index contributed by atoms with van der Waals surface area (Å²) >= 11 is 1.96. The Labute approximate surface area is 134 Å². The van der Waals surface area contributed by atoms with Gasteiger partial charge in [-0.2, -0.15) is 11.8 Å². The maximum Gasteiger partial charge on any atom is 0.0449 e. The SMILES string of the molecule is CCC(C)C1CNC(c2ccccc2)CN1CCCSC. The molecular formula is C18H30N2S. The summed E-state index contributed by atoms with van der Waals surface area (Å²) in [5.41, 5.74) is 1.43. The predicted octanol–water partition coefficient (Wildman–Crippen LogP) is 3.80. The van der Waals surface area contributed by atoms with E-state index in [1.165, 1.54) is 30.7 Å². The van der Waals surface area contributed by atoms with E-state index in [2.05, 4.69) is 60.7 Å². The van der Waals surface area contributed by atoms with Gasteiger partial charge in [0.25, 0.3) is 0 Å². The van der Waals surface area contributed by atoms with Gasteiger partial charge < -0.3 is 5.32 Å². The van der Waals surface area contributed by atoms with E-state index in [0.29, 0.717) is 12.1 Å². The molecule has 0 radical (unpaired) electrons. The molecule has 1 aliphatic heterocycles. The van der Waals surface area contributed by atoms with Gasteiger partial charge in [0.2, 0.25) is 0 Å². The Hall–Kier alpha value is -0.510. The van der Waals surface area contributed by atoms with Crippen LogP contribution in [0.4, 0.5) is 0 Å². The highest BCUT2D eigenvalue weighted by Crippen LogP contribution is 2.24. The summed E-state index contributed by atoms with van der Waals surface area (Å²) in [7, 11) is 0. The first-order valence-corrected chi connectivity index (χ1v) is 9.67. The lowest BCUT2D eigenvalue weighted by Gasteiger charge is -2.43. The molecule has 1 heterocycles. The highest BCUT2D eigenvalue weighted by atomic mass is 32.2. The number of thioether (sulfide) groups is 1. The van der Waals surface area contributed by atoms with Crippen LogP contribution < -0.4 is 5.32 Å². The topological polar surface area (TPSA) is 15.3 Å². The van der Waals surface area contributed by atoms with Crippen LogP contribution in [0.1, 0.15) is 38.3 Å². The van der Waals surface area contributed by atoms with Crippen molar-refractivity contribution in [2.45, 2.75) is 38.8 Å². The lowest BCUT2D eigenvalue weighted by molar-refractivity contribution is 0.0918. The van der Waals surface area contributed by atoms with E-state index in [1.54, 1.807) is 0 Å². The van der Waals surface area contributed by atoms with Gasteiger partial charge in [0.05, 0.1) is 0 Å². The number of nitrogens with zero attached hydrogens (tertiary/aromatic N) is 1. The average Bonchev–Trinajstić information content (AvgIpc) is 2.55. The third-order valence-corrected chi connectivity index (χ3v) is 5.45. The molecule has 1 aromatic rings. The number of benzene rings is 1. The summed E-state index contributed by atoms with van der Waals surface area (Å²) in [6, 6.07) is 12.1. The van der Waals surface area contributed by atoms with Crippen LogP contribution in [-0.2, 0) is 0 Å². The quantitative estimate of drug-likeness (QED) is 0.771. The Morgan fingerprint density at radius 2 is 2.10 bits per heavy atom. The van der Waals surface area contributed by atoms with Crippen LogP contribution in [0.25, 0.3) is 0 Å².